The normalized spacial score (nSPS) is 14.7. The molecule has 3 heterocycles. The molecule has 0 radical (unpaired) electrons. The van der Waals surface area contributed by atoms with Crippen molar-refractivity contribution in [2.75, 3.05) is 36.4 Å². The Morgan fingerprint density at radius 2 is 1.80 bits per heavy atom. The number of anilines is 2. The lowest BCUT2D eigenvalue weighted by Crippen LogP contribution is -2.46. The molecule has 6 nitrogen and oxygen atoms in total. The summed E-state index contributed by atoms with van der Waals surface area (Å²) in [7, 11) is 0. The van der Waals surface area contributed by atoms with Gasteiger partial charge >= 0.3 is 0 Å². The summed E-state index contributed by atoms with van der Waals surface area (Å²) in [4.78, 5) is 25.6. The zero-order valence-corrected chi connectivity index (χ0v) is 16.8. The molecular weight excluding hydrogens is 374 g/mol. The van der Waals surface area contributed by atoms with Crippen LogP contribution in [0.2, 0.25) is 0 Å². The second-order valence-electron chi connectivity index (χ2n) is 7.26. The van der Waals surface area contributed by atoms with Crippen molar-refractivity contribution in [3.8, 4) is 0 Å². The van der Waals surface area contributed by atoms with E-state index >= 15 is 0 Å². The number of hydrogen-bond acceptors (Lipinski definition) is 5. The van der Waals surface area contributed by atoms with Gasteiger partial charge in [0.25, 0.3) is 0 Å². The van der Waals surface area contributed by atoms with Crippen molar-refractivity contribution in [3.63, 3.8) is 0 Å². The van der Waals surface area contributed by atoms with Crippen molar-refractivity contribution < 1.29 is 4.79 Å². The van der Waals surface area contributed by atoms with Gasteiger partial charge in [-0.15, -0.1) is 0 Å². The number of hydrogen-bond donors (Lipinski definition) is 1. The number of rotatable bonds is 6. The van der Waals surface area contributed by atoms with E-state index in [4.69, 9.17) is 0 Å². The molecule has 0 unspecified atom stereocenters. The third-order valence-electron chi connectivity index (χ3n) is 5.07. The topological polar surface area (TPSA) is 61.4 Å². The van der Waals surface area contributed by atoms with Crippen LogP contribution < -0.4 is 10.2 Å². The van der Waals surface area contributed by atoms with E-state index in [2.05, 4.69) is 31.2 Å². The molecule has 6 heteroatoms. The van der Waals surface area contributed by atoms with Gasteiger partial charge in [0.05, 0.1) is 11.9 Å². The maximum Gasteiger partial charge on any atom is 0.248 e. The average Bonchev–Trinajstić information content (AvgIpc) is 2.80. The molecule has 0 bridgehead atoms. The Kier molecular flexibility index (Phi) is 6.47. The van der Waals surface area contributed by atoms with Gasteiger partial charge in [-0.05, 0) is 35.4 Å². The minimum Gasteiger partial charge on any atom is -0.354 e. The number of aromatic nitrogens is 2. The van der Waals surface area contributed by atoms with Crippen molar-refractivity contribution in [3.05, 3.63) is 90.4 Å². The average molecular weight is 399 g/mol. The number of amides is 1. The highest BCUT2D eigenvalue weighted by atomic mass is 16.1. The lowest BCUT2D eigenvalue weighted by Gasteiger charge is -2.35. The molecule has 30 heavy (non-hydrogen) atoms. The monoisotopic (exact) mass is 399 g/mol. The number of nitrogens with zero attached hydrogens (tertiary/aromatic N) is 4. The predicted molar refractivity (Wildman–Crippen MR) is 120 cm³/mol. The SMILES string of the molecule is O=C(C=Cc1ccccc1)Nc1ccc(N2CCN(Cc3cccnc3)CC2)nc1. The minimum atomic E-state index is -0.169. The van der Waals surface area contributed by atoms with E-state index in [1.165, 1.54) is 11.6 Å². The van der Waals surface area contributed by atoms with Crippen LogP contribution in [0.1, 0.15) is 11.1 Å². The van der Waals surface area contributed by atoms with Crippen LogP contribution in [0.4, 0.5) is 11.5 Å². The minimum absolute atomic E-state index is 0.169. The lowest BCUT2D eigenvalue weighted by molar-refractivity contribution is -0.111. The molecule has 0 aliphatic carbocycles. The predicted octanol–water partition coefficient (Wildman–Crippen LogP) is 3.45. The van der Waals surface area contributed by atoms with Gasteiger partial charge in [0.2, 0.25) is 5.91 Å². The number of carbonyl (C=O) groups excluding carboxylic acids is 1. The fourth-order valence-corrected chi connectivity index (χ4v) is 3.45. The van der Waals surface area contributed by atoms with Crippen LogP contribution in [0.5, 0.6) is 0 Å². The first-order valence-electron chi connectivity index (χ1n) is 10.1. The first kappa shape index (κ1) is 19.8. The van der Waals surface area contributed by atoms with Gasteiger partial charge in [0, 0.05) is 51.2 Å². The molecule has 152 valence electrons. The van der Waals surface area contributed by atoms with Gasteiger partial charge in [0.15, 0.2) is 0 Å². The van der Waals surface area contributed by atoms with E-state index in [-0.39, 0.29) is 5.91 Å². The summed E-state index contributed by atoms with van der Waals surface area (Å²) in [5, 5.41) is 2.86. The molecule has 3 aromatic rings. The Balaban J connectivity index is 1.26. The van der Waals surface area contributed by atoms with E-state index in [0.717, 1.165) is 44.1 Å². The summed E-state index contributed by atoms with van der Waals surface area (Å²) >= 11 is 0. The highest BCUT2D eigenvalue weighted by Gasteiger charge is 2.18. The van der Waals surface area contributed by atoms with Gasteiger partial charge < -0.3 is 10.2 Å². The standard InChI is InChI=1S/C24H25N5O/c30-24(11-8-20-5-2-1-3-6-20)27-22-9-10-23(26-18-22)29-15-13-28(14-16-29)19-21-7-4-12-25-17-21/h1-12,17-18H,13-16,19H2,(H,27,30). The van der Waals surface area contributed by atoms with Crippen LogP contribution in [0.3, 0.4) is 0 Å². The molecule has 1 amide bonds. The second kappa shape index (κ2) is 9.80. The number of benzene rings is 1. The molecule has 0 atom stereocenters. The zero-order valence-electron chi connectivity index (χ0n) is 16.8. The van der Waals surface area contributed by atoms with Crippen LogP contribution in [0, 0.1) is 0 Å². The zero-order chi connectivity index (χ0) is 20.6. The van der Waals surface area contributed by atoms with Crippen LogP contribution in [0.25, 0.3) is 6.08 Å². The molecule has 1 fully saturated rings. The highest BCUT2D eigenvalue weighted by Crippen LogP contribution is 2.17. The van der Waals surface area contributed by atoms with E-state index < -0.39 is 0 Å². The molecule has 0 saturated carbocycles. The van der Waals surface area contributed by atoms with Gasteiger partial charge in [0.1, 0.15) is 5.82 Å². The van der Waals surface area contributed by atoms with E-state index in [1.807, 2.05) is 54.7 Å². The number of nitrogens with one attached hydrogen (secondary N) is 1. The molecule has 1 aliphatic rings. The van der Waals surface area contributed by atoms with Gasteiger partial charge in [-0.3, -0.25) is 14.7 Å². The van der Waals surface area contributed by atoms with Gasteiger partial charge in [-0.25, -0.2) is 4.98 Å². The Bertz CT molecular complexity index is 965. The largest absolute Gasteiger partial charge is 0.354 e. The molecule has 0 spiro atoms. The summed E-state index contributed by atoms with van der Waals surface area (Å²) < 4.78 is 0. The van der Waals surface area contributed by atoms with Crippen molar-refractivity contribution in [2.24, 2.45) is 0 Å². The maximum absolute atomic E-state index is 12.1. The first-order valence-corrected chi connectivity index (χ1v) is 10.1. The second-order valence-corrected chi connectivity index (χ2v) is 7.26. The molecular formula is C24H25N5O. The Labute approximate surface area is 176 Å². The smallest absolute Gasteiger partial charge is 0.248 e. The fraction of sp³-hybridized carbons (Fsp3) is 0.208. The highest BCUT2D eigenvalue weighted by molar-refractivity contribution is 6.01. The fourth-order valence-electron chi connectivity index (χ4n) is 3.45. The van der Waals surface area contributed by atoms with Crippen molar-refractivity contribution in [2.45, 2.75) is 6.54 Å². The van der Waals surface area contributed by atoms with Gasteiger partial charge in [-0.1, -0.05) is 36.4 Å². The van der Waals surface area contributed by atoms with E-state index in [9.17, 15) is 4.79 Å². The quantitative estimate of drug-likeness (QED) is 0.644. The molecule has 1 saturated heterocycles. The van der Waals surface area contributed by atoms with E-state index in [1.54, 1.807) is 18.5 Å². The third-order valence-corrected chi connectivity index (χ3v) is 5.07. The molecule has 1 N–H and O–H groups in total. The molecule has 2 aromatic heterocycles. The van der Waals surface area contributed by atoms with Crippen molar-refractivity contribution >= 4 is 23.5 Å². The Morgan fingerprint density at radius 3 is 2.50 bits per heavy atom. The summed E-state index contributed by atoms with van der Waals surface area (Å²) in [5.74, 6) is 0.770. The summed E-state index contributed by atoms with van der Waals surface area (Å²) in [6.07, 6.45) is 8.77. The lowest BCUT2D eigenvalue weighted by atomic mass is 10.2. The third kappa shape index (κ3) is 5.52. The van der Waals surface area contributed by atoms with E-state index in [0.29, 0.717) is 5.69 Å². The number of pyridine rings is 2. The summed E-state index contributed by atoms with van der Waals surface area (Å²) in [5.41, 5.74) is 2.92. The molecule has 1 aliphatic heterocycles. The van der Waals surface area contributed by atoms with Crippen LogP contribution in [-0.2, 0) is 11.3 Å². The summed E-state index contributed by atoms with van der Waals surface area (Å²) in [6, 6.07) is 17.7. The number of carbonyl (C=O) groups is 1. The van der Waals surface area contributed by atoms with Crippen molar-refractivity contribution in [1.29, 1.82) is 0 Å². The Hall–Kier alpha value is -3.51. The summed E-state index contributed by atoms with van der Waals surface area (Å²) in [6.45, 7) is 4.76. The van der Waals surface area contributed by atoms with Crippen molar-refractivity contribution in [1.82, 2.24) is 14.9 Å². The van der Waals surface area contributed by atoms with Crippen LogP contribution in [-0.4, -0.2) is 47.0 Å². The number of piperazine rings is 1. The first-order chi connectivity index (χ1) is 14.8. The molecule has 4 rings (SSSR count). The van der Waals surface area contributed by atoms with Gasteiger partial charge in [-0.2, -0.15) is 0 Å². The Morgan fingerprint density at radius 1 is 0.967 bits per heavy atom. The van der Waals surface area contributed by atoms with Crippen LogP contribution in [0.15, 0.2) is 79.3 Å². The maximum atomic E-state index is 12.1. The molecule has 1 aromatic carbocycles. The van der Waals surface area contributed by atoms with Crippen LogP contribution >= 0.6 is 0 Å².